The molecule has 21 heavy (non-hydrogen) atoms. The summed E-state index contributed by atoms with van der Waals surface area (Å²) in [5, 5.41) is 9.81. The Hall–Kier alpha value is -1.28. The lowest BCUT2D eigenvalue weighted by Crippen LogP contribution is -2.28. The first-order chi connectivity index (χ1) is 9.50. The summed E-state index contributed by atoms with van der Waals surface area (Å²) in [4.78, 5) is 0. The van der Waals surface area contributed by atoms with Crippen LogP contribution in [0.4, 0.5) is 26.3 Å². The molecule has 0 radical (unpaired) electrons. The number of halogens is 6. The molecule has 1 aromatic carbocycles. The van der Waals surface area contributed by atoms with E-state index in [1.54, 1.807) is 0 Å². The molecule has 2 atom stereocenters. The molecule has 1 saturated carbocycles. The molecule has 0 unspecified atom stereocenters. The Labute approximate surface area is 116 Å². The van der Waals surface area contributed by atoms with Crippen molar-refractivity contribution >= 4 is 0 Å². The molecule has 0 heterocycles. The van der Waals surface area contributed by atoms with Gasteiger partial charge in [0.1, 0.15) is 0 Å². The predicted molar refractivity (Wildman–Crippen MR) is 62.1 cm³/mol. The normalized spacial score (nSPS) is 19.4. The average Bonchev–Trinajstić information content (AvgIpc) is 3.18. The van der Waals surface area contributed by atoms with Crippen LogP contribution in [0.15, 0.2) is 18.2 Å². The predicted octanol–water partition coefficient (Wildman–Crippen LogP) is 3.49. The lowest BCUT2D eigenvalue weighted by Gasteiger charge is -2.21. The smallest absolute Gasteiger partial charge is 0.391 e. The zero-order chi connectivity index (χ0) is 16.0. The molecular weight excluding hydrogens is 300 g/mol. The Bertz CT molecular complexity index is 488. The molecule has 2 nitrogen and oxygen atoms in total. The monoisotopic (exact) mass is 313 g/mol. The molecule has 3 N–H and O–H groups in total. The first kappa shape index (κ1) is 16.1. The average molecular weight is 313 g/mol. The lowest BCUT2D eigenvalue weighted by atomic mass is 9.95. The lowest BCUT2D eigenvalue weighted by molar-refractivity contribution is -0.143. The summed E-state index contributed by atoms with van der Waals surface area (Å²) >= 11 is 0. The van der Waals surface area contributed by atoms with Gasteiger partial charge in [0.25, 0.3) is 0 Å². The van der Waals surface area contributed by atoms with Crippen molar-refractivity contribution in [1.82, 2.24) is 0 Å². The maximum atomic E-state index is 12.7. The molecule has 118 valence electrons. The summed E-state index contributed by atoms with van der Waals surface area (Å²) in [6.45, 7) is 0. The van der Waals surface area contributed by atoms with Gasteiger partial charge in [-0.1, -0.05) is 0 Å². The van der Waals surface area contributed by atoms with E-state index >= 15 is 0 Å². The van der Waals surface area contributed by atoms with Gasteiger partial charge in [0, 0.05) is 0 Å². The Kier molecular flexibility index (Phi) is 3.96. The third-order valence-corrected chi connectivity index (χ3v) is 3.47. The maximum absolute atomic E-state index is 12.7. The van der Waals surface area contributed by atoms with Crippen molar-refractivity contribution in [3.63, 3.8) is 0 Å². The van der Waals surface area contributed by atoms with Crippen LogP contribution in [0.25, 0.3) is 0 Å². The highest BCUT2D eigenvalue weighted by Crippen LogP contribution is 2.40. The van der Waals surface area contributed by atoms with E-state index in [1.165, 1.54) is 0 Å². The summed E-state index contributed by atoms with van der Waals surface area (Å²) in [5.41, 5.74) is 2.40. The van der Waals surface area contributed by atoms with Gasteiger partial charge in [-0.15, -0.1) is 0 Å². The molecule has 0 aliphatic heterocycles. The van der Waals surface area contributed by atoms with Crippen LogP contribution in [0.5, 0.6) is 0 Å². The van der Waals surface area contributed by atoms with E-state index in [-0.39, 0.29) is 17.5 Å². The van der Waals surface area contributed by atoms with Crippen LogP contribution >= 0.6 is 0 Å². The van der Waals surface area contributed by atoms with Gasteiger partial charge < -0.3 is 10.8 Å². The topological polar surface area (TPSA) is 46.2 Å². The van der Waals surface area contributed by atoms with Crippen LogP contribution < -0.4 is 5.73 Å². The molecule has 1 aliphatic rings. The summed E-state index contributed by atoms with van der Waals surface area (Å²) in [7, 11) is 0. The van der Waals surface area contributed by atoms with Gasteiger partial charge in [-0.05, 0) is 42.5 Å². The number of benzene rings is 1. The van der Waals surface area contributed by atoms with Crippen molar-refractivity contribution < 1.29 is 31.4 Å². The van der Waals surface area contributed by atoms with Crippen molar-refractivity contribution in [1.29, 1.82) is 0 Å². The number of hydrogen-bond donors (Lipinski definition) is 2. The second-order valence-electron chi connectivity index (χ2n) is 5.19. The Morgan fingerprint density at radius 2 is 1.38 bits per heavy atom. The number of alkyl halides is 6. The number of rotatable bonds is 3. The second kappa shape index (κ2) is 5.17. The molecule has 1 fully saturated rings. The van der Waals surface area contributed by atoms with Gasteiger partial charge in [-0.3, -0.25) is 0 Å². The molecule has 2 rings (SSSR count). The maximum Gasteiger partial charge on any atom is 0.416 e. The minimum atomic E-state index is -4.92. The molecular formula is C13H13F6NO. The Balaban J connectivity index is 2.44. The first-order valence-electron chi connectivity index (χ1n) is 6.23. The van der Waals surface area contributed by atoms with E-state index in [2.05, 4.69) is 0 Å². The third kappa shape index (κ3) is 3.68. The molecule has 0 bridgehead atoms. The second-order valence-corrected chi connectivity index (χ2v) is 5.19. The highest BCUT2D eigenvalue weighted by Gasteiger charge is 2.39. The molecule has 1 aromatic rings. The fourth-order valence-electron chi connectivity index (χ4n) is 2.10. The first-order valence-corrected chi connectivity index (χ1v) is 6.23. The summed E-state index contributed by atoms with van der Waals surface area (Å²) in [5.74, 6) is -0.163. The van der Waals surface area contributed by atoms with Crippen LogP contribution in [0.3, 0.4) is 0 Å². The van der Waals surface area contributed by atoms with E-state index < -0.39 is 35.6 Å². The number of aliphatic hydroxyl groups is 1. The molecule has 1 aliphatic carbocycles. The fraction of sp³-hybridized carbons (Fsp3) is 0.538. The molecule has 0 aromatic heterocycles. The SMILES string of the molecule is N[C@H](c1cc(C(F)(F)F)cc(C(F)(F)F)c1)[C@@H](O)C1CC1. The minimum Gasteiger partial charge on any atom is -0.391 e. The highest BCUT2D eigenvalue weighted by molar-refractivity contribution is 5.35. The van der Waals surface area contributed by atoms with Gasteiger partial charge in [-0.25, -0.2) is 0 Å². The summed E-state index contributed by atoms with van der Waals surface area (Å²) in [6.07, 6.45) is -9.64. The quantitative estimate of drug-likeness (QED) is 0.839. The molecule has 0 spiro atoms. The number of nitrogens with two attached hydrogens (primary N) is 1. The van der Waals surface area contributed by atoms with E-state index in [0.29, 0.717) is 25.0 Å². The van der Waals surface area contributed by atoms with Gasteiger partial charge in [0.15, 0.2) is 0 Å². The molecule has 0 amide bonds. The largest absolute Gasteiger partial charge is 0.416 e. The standard InChI is InChI=1S/C13H13F6NO/c14-12(15,16)8-3-7(4-9(5-8)13(17,18)19)10(20)11(21)6-1-2-6/h3-6,10-11,21H,1-2,20H2/t10-,11+/m1/s1. The summed E-state index contributed by atoms with van der Waals surface area (Å²) in [6, 6.07) is -0.114. The minimum absolute atomic E-state index is 0.0414. The third-order valence-electron chi connectivity index (χ3n) is 3.47. The summed E-state index contributed by atoms with van der Waals surface area (Å²) < 4.78 is 76.2. The number of aliphatic hydroxyl groups excluding tert-OH is 1. The highest BCUT2D eigenvalue weighted by atomic mass is 19.4. The van der Waals surface area contributed by atoms with Crippen LogP contribution in [0.2, 0.25) is 0 Å². The fourth-order valence-corrected chi connectivity index (χ4v) is 2.10. The van der Waals surface area contributed by atoms with Gasteiger partial charge in [0.2, 0.25) is 0 Å². The molecule has 0 saturated heterocycles. The van der Waals surface area contributed by atoms with Crippen molar-refractivity contribution in [2.45, 2.75) is 37.3 Å². The van der Waals surface area contributed by atoms with Crippen LogP contribution in [-0.2, 0) is 12.4 Å². The van der Waals surface area contributed by atoms with Gasteiger partial charge >= 0.3 is 12.4 Å². The van der Waals surface area contributed by atoms with Gasteiger partial charge in [0.05, 0.1) is 23.3 Å². The van der Waals surface area contributed by atoms with Crippen LogP contribution in [-0.4, -0.2) is 11.2 Å². The zero-order valence-electron chi connectivity index (χ0n) is 10.7. The Morgan fingerprint density at radius 1 is 0.952 bits per heavy atom. The Morgan fingerprint density at radius 3 is 1.71 bits per heavy atom. The van der Waals surface area contributed by atoms with Crippen molar-refractivity contribution in [2.24, 2.45) is 11.7 Å². The van der Waals surface area contributed by atoms with Crippen LogP contribution in [0.1, 0.15) is 35.6 Å². The zero-order valence-corrected chi connectivity index (χ0v) is 10.7. The van der Waals surface area contributed by atoms with E-state index in [0.717, 1.165) is 0 Å². The van der Waals surface area contributed by atoms with Gasteiger partial charge in [-0.2, -0.15) is 26.3 Å². The van der Waals surface area contributed by atoms with Crippen LogP contribution in [0, 0.1) is 5.92 Å². The number of hydrogen-bond acceptors (Lipinski definition) is 2. The van der Waals surface area contributed by atoms with Crippen molar-refractivity contribution in [2.75, 3.05) is 0 Å². The van der Waals surface area contributed by atoms with E-state index in [4.69, 9.17) is 5.73 Å². The van der Waals surface area contributed by atoms with E-state index in [9.17, 15) is 31.4 Å². The van der Waals surface area contributed by atoms with Crippen molar-refractivity contribution in [3.05, 3.63) is 34.9 Å². The molecule has 8 heteroatoms. The van der Waals surface area contributed by atoms with E-state index in [1.807, 2.05) is 0 Å². The van der Waals surface area contributed by atoms with Crippen molar-refractivity contribution in [3.8, 4) is 0 Å².